The number of nitrogens with one attached hydrogen (secondary N) is 1. The van der Waals surface area contributed by atoms with Crippen molar-refractivity contribution in [3.63, 3.8) is 0 Å². The van der Waals surface area contributed by atoms with Gasteiger partial charge in [0, 0.05) is 29.9 Å². The summed E-state index contributed by atoms with van der Waals surface area (Å²) in [6.45, 7) is 2.66. The third-order valence-corrected chi connectivity index (χ3v) is 5.08. The summed E-state index contributed by atoms with van der Waals surface area (Å²) < 4.78 is 0. The van der Waals surface area contributed by atoms with Gasteiger partial charge in [0.2, 0.25) is 0 Å². The largest absolute Gasteiger partial charge is 0.391 e. The lowest BCUT2D eigenvalue weighted by molar-refractivity contribution is 0.0765. The zero-order valence-electron chi connectivity index (χ0n) is 16.6. The van der Waals surface area contributed by atoms with Gasteiger partial charge >= 0.3 is 0 Å². The number of nitrogens with zero attached hydrogens (tertiary/aromatic N) is 3. The van der Waals surface area contributed by atoms with Gasteiger partial charge in [-0.25, -0.2) is 4.98 Å². The fourth-order valence-electron chi connectivity index (χ4n) is 3.41. The van der Waals surface area contributed by atoms with Gasteiger partial charge in [0.25, 0.3) is 11.8 Å². The number of aliphatic hydroxyl groups excluding tert-OH is 1. The van der Waals surface area contributed by atoms with Crippen LogP contribution < -0.4 is 5.32 Å². The van der Waals surface area contributed by atoms with E-state index in [4.69, 9.17) is 0 Å². The fraction of sp³-hybridized carbons (Fsp3) is 0.217. The van der Waals surface area contributed by atoms with Gasteiger partial charge in [-0.05, 0) is 37.6 Å². The molecular formula is C23H22N4O3. The van der Waals surface area contributed by atoms with E-state index in [2.05, 4.69) is 15.3 Å². The molecular weight excluding hydrogens is 380 g/mol. The molecule has 0 spiro atoms. The summed E-state index contributed by atoms with van der Waals surface area (Å²) in [5.74, 6) is -0.427. The molecule has 1 aliphatic rings. The topological polar surface area (TPSA) is 95.4 Å². The van der Waals surface area contributed by atoms with Gasteiger partial charge in [0.15, 0.2) is 0 Å². The molecule has 3 aromatic rings. The van der Waals surface area contributed by atoms with Crippen molar-refractivity contribution in [1.82, 2.24) is 14.9 Å². The molecule has 0 radical (unpaired) electrons. The second kappa shape index (κ2) is 8.42. The Morgan fingerprint density at radius 1 is 1.10 bits per heavy atom. The van der Waals surface area contributed by atoms with Crippen LogP contribution in [0, 0.1) is 6.92 Å². The number of benzene rings is 2. The fourth-order valence-corrected chi connectivity index (χ4v) is 3.41. The molecule has 30 heavy (non-hydrogen) atoms. The highest BCUT2D eigenvalue weighted by Gasteiger charge is 2.25. The van der Waals surface area contributed by atoms with E-state index in [-0.39, 0.29) is 17.5 Å². The molecule has 0 saturated carbocycles. The first kappa shape index (κ1) is 19.7. The van der Waals surface area contributed by atoms with E-state index in [1.54, 1.807) is 54.4 Å². The van der Waals surface area contributed by atoms with Crippen molar-refractivity contribution in [2.24, 2.45) is 0 Å². The summed E-state index contributed by atoms with van der Waals surface area (Å²) in [4.78, 5) is 35.7. The third kappa shape index (κ3) is 4.21. The highest BCUT2D eigenvalue weighted by atomic mass is 16.3. The van der Waals surface area contributed by atoms with Crippen LogP contribution in [0.5, 0.6) is 0 Å². The van der Waals surface area contributed by atoms with E-state index in [0.717, 1.165) is 5.56 Å². The van der Waals surface area contributed by atoms with Crippen molar-refractivity contribution < 1.29 is 14.7 Å². The van der Waals surface area contributed by atoms with Crippen molar-refractivity contribution in [3.8, 4) is 11.3 Å². The number of aryl methyl sites for hydroxylation is 1. The van der Waals surface area contributed by atoms with Gasteiger partial charge in [-0.3, -0.25) is 14.6 Å². The van der Waals surface area contributed by atoms with Gasteiger partial charge in [0.1, 0.15) is 5.69 Å². The maximum absolute atomic E-state index is 12.7. The standard InChI is InChI=1S/C23H22N4O3/c1-15-21(22(29)25-18-5-3-2-4-6-18)26-20(13-24-15)16-7-9-17(10-8-16)23(30)27-12-11-19(28)14-27/h2-10,13,19,28H,11-12,14H2,1H3,(H,25,29). The molecule has 0 aliphatic carbocycles. The first-order valence-electron chi connectivity index (χ1n) is 9.79. The number of anilines is 1. The molecule has 1 unspecified atom stereocenters. The Labute approximate surface area is 174 Å². The number of hydrogen-bond acceptors (Lipinski definition) is 5. The summed E-state index contributed by atoms with van der Waals surface area (Å²) >= 11 is 0. The van der Waals surface area contributed by atoms with Gasteiger partial charge in [0.05, 0.1) is 23.7 Å². The number of carbonyl (C=O) groups excluding carboxylic acids is 2. The summed E-state index contributed by atoms with van der Waals surface area (Å²) in [6, 6.07) is 16.2. The van der Waals surface area contributed by atoms with Crippen LogP contribution in [0.25, 0.3) is 11.3 Å². The normalized spacial score (nSPS) is 15.8. The van der Waals surface area contributed by atoms with Gasteiger partial charge < -0.3 is 15.3 Å². The van der Waals surface area contributed by atoms with Crippen LogP contribution >= 0.6 is 0 Å². The molecule has 2 amide bonds. The highest BCUT2D eigenvalue weighted by molar-refractivity contribution is 6.03. The average Bonchev–Trinajstić information content (AvgIpc) is 3.20. The molecule has 0 bridgehead atoms. The van der Waals surface area contributed by atoms with E-state index >= 15 is 0 Å². The molecule has 1 aliphatic heterocycles. The Hall–Kier alpha value is -3.58. The number of likely N-dealkylation sites (tertiary alicyclic amines) is 1. The molecule has 1 saturated heterocycles. The minimum absolute atomic E-state index is 0.101. The van der Waals surface area contributed by atoms with E-state index in [1.807, 2.05) is 18.2 Å². The number of amides is 2. The van der Waals surface area contributed by atoms with E-state index in [0.29, 0.717) is 42.1 Å². The third-order valence-electron chi connectivity index (χ3n) is 5.08. The summed E-state index contributed by atoms with van der Waals surface area (Å²) in [7, 11) is 0. The molecule has 2 heterocycles. The quantitative estimate of drug-likeness (QED) is 0.700. The molecule has 1 atom stereocenters. The van der Waals surface area contributed by atoms with E-state index in [1.165, 1.54) is 0 Å². The van der Waals surface area contributed by atoms with Crippen LogP contribution in [0.2, 0.25) is 0 Å². The minimum atomic E-state index is -0.448. The Morgan fingerprint density at radius 2 is 1.83 bits per heavy atom. The first-order valence-corrected chi connectivity index (χ1v) is 9.79. The molecule has 4 rings (SSSR count). The summed E-state index contributed by atoms with van der Waals surface area (Å²) in [6.07, 6.45) is 1.77. The molecule has 1 fully saturated rings. The summed E-state index contributed by atoms with van der Waals surface area (Å²) in [5.41, 5.74) is 3.33. The predicted octanol–water partition coefficient (Wildman–Crippen LogP) is 2.91. The Morgan fingerprint density at radius 3 is 2.50 bits per heavy atom. The van der Waals surface area contributed by atoms with Crippen molar-refractivity contribution in [2.75, 3.05) is 18.4 Å². The van der Waals surface area contributed by atoms with Gasteiger partial charge in [-0.15, -0.1) is 0 Å². The van der Waals surface area contributed by atoms with Crippen molar-refractivity contribution in [3.05, 3.63) is 77.7 Å². The van der Waals surface area contributed by atoms with Crippen LogP contribution in [-0.2, 0) is 0 Å². The summed E-state index contributed by atoms with van der Waals surface area (Å²) in [5, 5.41) is 12.5. The second-order valence-corrected chi connectivity index (χ2v) is 7.28. The maximum Gasteiger partial charge on any atom is 0.276 e. The predicted molar refractivity (Wildman–Crippen MR) is 113 cm³/mol. The Kier molecular flexibility index (Phi) is 5.54. The second-order valence-electron chi connectivity index (χ2n) is 7.28. The van der Waals surface area contributed by atoms with Crippen LogP contribution in [0.15, 0.2) is 60.8 Å². The maximum atomic E-state index is 12.7. The number of rotatable bonds is 4. The average molecular weight is 402 g/mol. The van der Waals surface area contributed by atoms with Crippen LogP contribution in [-0.4, -0.2) is 51.0 Å². The smallest absolute Gasteiger partial charge is 0.276 e. The van der Waals surface area contributed by atoms with Gasteiger partial charge in [-0.2, -0.15) is 0 Å². The number of para-hydroxylation sites is 1. The molecule has 1 aromatic heterocycles. The number of aliphatic hydroxyl groups is 1. The zero-order valence-corrected chi connectivity index (χ0v) is 16.6. The number of aromatic nitrogens is 2. The lowest BCUT2D eigenvalue weighted by atomic mass is 10.1. The van der Waals surface area contributed by atoms with Crippen molar-refractivity contribution >= 4 is 17.5 Å². The molecule has 7 nitrogen and oxygen atoms in total. The van der Waals surface area contributed by atoms with Crippen LogP contribution in [0.1, 0.15) is 33.0 Å². The monoisotopic (exact) mass is 402 g/mol. The van der Waals surface area contributed by atoms with Crippen molar-refractivity contribution in [2.45, 2.75) is 19.4 Å². The van der Waals surface area contributed by atoms with Crippen molar-refractivity contribution in [1.29, 1.82) is 0 Å². The van der Waals surface area contributed by atoms with E-state index in [9.17, 15) is 14.7 Å². The first-order chi connectivity index (χ1) is 14.5. The highest BCUT2D eigenvalue weighted by Crippen LogP contribution is 2.21. The van der Waals surface area contributed by atoms with Crippen LogP contribution in [0.4, 0.5) is 5.69 Å². The lowest BCUT2D eigenvalue weighted by Gasteiger charge is -2.15. The molecule has 152 valence electrons. The molecule has 7 heteroatoms. The number of hydrogen-bond donors (Lipinski definition) is 2. The minimum Gasteiger partial charge on any atom is -0.391 e. The van der Waals surface area contributed by atoms with Gasteiger partial charge in [-0.1, -0.05) is 30.3 Å². The zero-order chi connectivity index (χ0) is 21.1. The number of β-amino-alcohol motifs (C(OH)–C–C–N with tert-alkyl or cyclic N) is 1. The van der Waals surface area contributed by atoms with E-state index < -0.39 is 6.10 Å². The Balaban J connectivity index is 1.53. The molecule has 2 N–H and O–H groups in total. The Bertz CT molecular complexity index is 1070. The molecule has 2 aromatic carbocycles. The number of carbonyl (C=O) groups is 2. The lowest BCUT2D eigenvalue weighted by Crippen LogP contribution is -2.29. The SMILES string of the molecule is Cc1ncc(-c2ccc(C(=O)N3CCC(O)C3)cc2)nc1C(=O)Nc1ccccc1. The van der Waals surface area contributed by atoms with Crippen LogP contribution in [0.3, 0.4) is 0 Å².